The molecule has 2 aliphatic rings. The van der Waals surface area contributed by atoms with E-state index in [-0.39, 0.29) is 5.54 Å². The van der Waals surface area contributed by atoms with Crippen LogP contribution >= 0.6 is 11.8 Å². The van der Waals surface area contributed by atoms with Crippen molar-refractivity contribution in [2.75, 3.05) is 5.75 Å². The lowest BCUT2D eigenvalue weighted by molar-refractivity contribution is 0.401. The number of nitriles is 1. The van der Waals surface area contributed by atoms with Crippen LogP contribution in [0.1, 0.15) is 25.7 Å². The standard InChI is InChI=1S/C17H19N3S/c18-10-17(13-5-6-13,20-14-7-8-14)11-21-16-9-12-3-1-2-4-15(12)19-16/h1-4,9,13-14,19-20H,5-8,11H2. The molecule has 0 bridgehead atoms. The molecule has 2 aliphatic carbocycles. The first-order valence-corrected chi connectivity index (χ1v) is 8.67. The molecule has 1 aromatic heterocycles. The van der Waals surface area contributed by atoms with Gasteiger partial charge in [-0.2, -0.15) is 5.26 Å². The van der Waals surface area contributed by atoms with Crippen molar-refractivity contribution in [3.63, 3.8) is 0 Å². The lowest BCUT2D eigenvalue weighted by Gasteiger charge is -2.27. The Kier molecular flexibility index (Phi) is 3.20. The van der Waals surface area contributed by atoms with Crippen molar-refractivity contribution < 1.29 is 0 Å². The number of fused-ring (bicyclic) bond motifs is 1. The first kappa shape index (κ1) is 13.2. The maximum Gasteiger partial charge on any atom is 0.119 e. The Morgan fingerprint density at radius 1 is 1.29 bits per heavy atom. The van der Waals surface area contributed by atoms with Gasteiger partial charge in [-0.1, -0.05) is 18.2 Å². The van der Waals surface area contributed by atoms with Gasteiger partial charge in [-0.3, -0.25) is 5.32 Å². The van der Waals surface area contributed by atoms with Gasteiger partial charge < -0.3 is 4.98 Å². The summed E-state index contributed by atoms with van der Waals surface area (Å²) in [7, 11) is 0. The summed E-state index contributed by atoms with van der Waals surface area (Å²) in [4.78, 5) is 3.45. The van der Waals surface area contributed by atoms with E-state index in [4.69, 9.17) is 0 Å². The molecule has 2 N–H and O–H groups in total. The molecule has 2 fully saturated rings. The van der Waals surface area contributed by atoms with Gasteiger partial charge in [0.05, 0.1) is 11.1 Å². The maximum atomic E-state index is 9.75. The predicted molar refractivity (Wildman–Crippen MR) is 86.2 cm³/mol. The van der Waals surface area contributed by atoms with E-state index in [1.54, 1.807) is 11.8 Å². The Morgan fingerprint density at radius 3 is 2.76 bits per heavy atom. The van der Waals surface area contributed by atoms with E-state index in [0.717, 1.165) is 10.8 Å². The zero-order valence-electron chi connectivity index (χ0n) is 11.9. The van der Waals surface area contributed by atoms with Crippen molar-refractivity contribution >= 4 is 22.7 Å². The summed E-state index contributed by atoms with van der Waals surface area (Å²) in [6, 6.07) is 13.7. The minimum Gasteiger partial charge on any atom is -0.350 e. The molecule has 4 heteroatoms. The number of hydrogen-bond acceptors (Lipinski definition) is 3. The number of nitrogens with zero attached hydrogens (tertiary/aromatic N) is 1. The number of H-pyrrole nitrogens is 1. The fraction of sp³-hybridized carbons (Fsp3) is 0.471. The number of benzene rings is 1. The van der Waals surface area contributed by atoms with Crippen LogP contribution in [-0.4, -0.2) is 22.3 Å². The monoisotopic (exact) mass is 297 g/mol. The molecule has 1 unspecified atom stereocenters. The Morgan fingerprint density at radius 2 is 2.10 bits per heavy atom. The Bertz CT molecular complexity index is 660. The fourth-order valence-corrected chi connectivity index (χ4v) is 4.08. The van der Waals surface area contributed by atoms with Crippen LogP contribution < -0.4 is 5.32 Å². The normalized spacial score (nSPS) is 21.1. The third-order valence-corrected chi connectivity index (χ3v) is 5.60. The quantitative estimate of drug-likeness (QED) is 0.800. The molecule has 0 aliphatic heterocycles. The van der Waals surface area contributed by atoms with Gasteiger partial charge >= 0.3 is 0 Å². The third-order valence-electron chi connectivity index (χ3n) is 4.47. The summed E-state index contributed by atoms with van der Waals surface area (Å²) in [6.45, 7) is 0. The molecule has 0 saturated heterocycles. The number of aromatic nitrogens is 1. The van der Waals surface area contributed by atoms with E-state index in [2.05, 4.69) is 40.6 Å². The van der Waals surface area contributed by atoms with Crippen molar-refractivity contribution in [3.8, 4) is 6.07 Å². The van der Waals surface area contributed by atoms with Crippen molar-refractivity contribution in [1.29, 1.82) is 5.26 Å². The SMILES string of the molecule is N#CC(CSc1cc2ccccc2[nH]1)(NC1CC1)C1CC1. The van der Waals surface area contributed by atoms with Crippen LogP contribution in [0.5, 0.6) is 0 Å². The number of rotatable bonds is 6. The van der Waals surface area contributed by atoms with Crippen LogP contribution in [0.4, 0.5) is 0 Å². The van der Waals surface area contributed by atoms with E-state index in [0.29, 0.717) is 12.0 Å². The molecule has 2 saturated carbocycles. The third kappa shape index (κ3) is 2.68. The van der Waals surface area contributed by atoms with Crippen LogP contribution in [0, 0.1) is 17.2 Å². The highest BCUT2D eigenvalue weighted by molar-refractivity contribution is 7.99. The van der Waals surface area contributed by atoms with Gasteiger partial charge in [0.2, 0.25) is 0 Å². The van der Waals surface area contributed by atoms with Crippen LogP contribution in [0.2, 0.25) is 0 Å². The molecule has 1 heterocycles. The summed E-state index contributed by atoms with van der Waals surface area (Å²) >= 11 is 1.78. The summed E-state index contributed by atoms with van der Waals surface area (Å²) < 4.78 is 0. The molecule has 1 aromatic carbocycles. The second-order valence-corrected chi connectivity index (χ2v) is 7.30. The maximum absolute atomic E-state index is 9.75. The van der Waals surface area contributed by atoms with Crippen LogP contribution in [0.15, 0.2) is 35.4 Å². The Labute approximate surface area is 129 Å². The summed E-state index contributed by atoms with van der Waals surface area (Å²) in [5, 5.41) is 15.8. The number of thioether (sulfide) groups is 1. The van der Waals surface area contributed by atoms with E-state index in [1.165, 1.54) is 36.6 Å². The number of para-hydroxylation sites is 1. The average molecular weight is 297 g/mol. The van der Waals surface area contributed by atoms with Crippen molar-refractivity contribution in [2.24, 2.45) is 5.92 Å². The smallest absolute Gasteiger partial charge is 0.119 e. The van der Waals surface area contributed by atoms with Crippen LogP contribution in [0.3, 0.4) is 0 Å². The summed E-state index contributed by atoms with van der Waals surface area (Å²) in [5.74, 6) is 1.37. The van der Waals surface area contributed by atoms with Gasteiger partial charge in [0.25, 0.3) is 0 Å². The molecule has 108 valence electrons. The summed E-state index contributed by atoms with van der Waals surface area (Å²) in [5.41, 5.74) is 0.840. The van der Waals surface area contributed by atoms with Gasteiger partial charge in [0.15, 0.2) is 0 Å². The van der Waals surface area contributed by atoms with Crippen LogP contribution in [0.25, 0.3) is 10.9 Å². The highest BCUT2D eigenvalue weighted by Gasteiger charge is 2.48. The molecular weight excluding hydrogens is 278 g/mol. The molecule has 2 aromatic rings. The topological polar surface area (TPSA) is 51.6 Å². The largest absolute Gasteiger partial charge is 0.350 e. The molecule has 0 radical (unpaired) electrons. The number of hydrogen-bond donors (Lipinski definition) is 2. The molecule has 0 spiro atoms. The van der Waals surface area contributed by atoms with Gasteiger partial charge in [-0.25, -0.2) is 0 Å². The second-order valence-electron chi connectivity index (χ2n) is 6.29. The zero-order valence-corrected chi connectivity index (χ0v) is 12.7. The molecule has 3 nitrogen and oxygen atoms in total. The predicted octanol–water partition coefficient (Wildman–Crippen LogP) is 3.68. The Hall–Kier alpha value is -1.44. The fourth-order valence-electron chi connectivity index (χ4n) is 2.92. The van der Waals surface area contributed by atoms with Gasteiger partial charge in [-0.05, 0) is 43.7 Å². The van der Waals surface area contributed by atoms with Gasteiger partial charge in [0, 0.05) is 22.7 Å². The van der Waals surface area contributed by atoms with Crippen molar-refractivity contribution in [1.82, 2.24) is 10.3 Å². The number of aromatic amines is 1. The average Bonchev–Trinajstić information content (AvgIpc) is 3.41. The second kappa shape index (κ2) is 5.08. The first-order chi connectivity index (χ1) is 10.3. The number of nitrogens with one attached hydrogen (secondary N) is 2. The molecular formula is C17H19N3S. The van der Waals surface area contributed by atoms with E-state index in [9.17, 15) is 5.26 Å². The van der Waals surface area contributed by atoms with Gasteiger partial charge in [0.1, 0.15) is 5.54 Å². The zero-order chi connectivity index (χ0) is 14.3. The minimum absolute atomic E-state index is 0.330. The van der Waals surface area contributed by atoms with Crippen molar-refractivity contribution in [3.05, 3.63) is 30.3 Å². The van der Waals surface area contributed by atoms with Crippen LogP contribution in [-0.2, 0) is 0 Å². The lowest BCUT2D eigenvalue weighted by Crippen LogP contribution is -2.49. The first-order valence-electron chi connectivity index (χ1n) is 7.69. The summed E-state index contributed by atoms with van der Waals surface area (Å²) in [6.07, 6.45) is 4.85. The molecule has 1 atom stereocenters. The van der Waals surface area contributed by atoms with E-state index < -0.39 is 0 Å². The van der Waals surface area contributed by atoms with E-state index >= 15 is 0 Å². The molecule has 4 rings (SSSR count). The Balaban J connectivity index is 1.51. The molecule has 0 amide bonds. The minimum atomic E-state index is -0.330. The van der Waals surface area contributed by atoms with E-state index in [1.807, 2.05) is 6.07 Å². The highest BCUT2D eigenvalue weighted by atomic mass is 32.2. The highest BCUT2D eigenvalue weighted by Crippen LogP contribution is 2.43. The molecule has 21 heavy (non-hydrogen) atoms. The lowest BCUT2D eigenvalue weighted by atomic mass is 9.97. The van der Waals surface area contributed by atoms with Crippen molar-refractivity contribution in [2.45, 2.75) is 42.3 Å². The van der Waals surface area contributed by atoms with Gasteiger partial charge in [-0.15, -0.1) is 11.8 Å².